The van der Waals surface area contributed by atoms with Gasteiger partial charge >= 0.3 is 26.2 Å². The van der Waals surface area contributed by atoms with Crippen molar-refractivity contribution in [2.75, 3.05) is 0 Å². The van der Waals surface area contributed by atoms with Crippen LogP contribution in [0.25, 0.3) is 11.1 Å². The molecule has 0 saturated carbocycles. The molecule has 0 fully saturated rings. The summed E-state index contributed by atoms with van der Waals surface area (Å²) in [6, 6.07) is 11.3. The first kappa shape index (κ1) is 21.4. The van der Waals surface area contributed by atoms with Gasteiger partial charge in [0.25, 0.3) is 0 Å². The number of fused-ring (bicyclic) bond motifs is 3. The van der Waals surface area contributed by atoms with E-state index in [1.165, 1.54) is 39.0 Å². The molecule has 2 aliphatic rings. The molecule has 0 unspecified atom stereocenters. The van der Waals surface area contributed by atoms with Crippen LogP contribution in [0.5, 0.6) is 0 Å². The van der Waals surface area contributed by atoms with E-state index in [1.807, 2.05) is 0 Å². The first-order valence-corrected chi connectivity index (χ1v) is 7.79. The van der Waals surface area contributed by atoms with E-state index in [4.69, 9.17) is 0 Å². The van der Waals surface area contributed by atoms with Crippen LogP contribution in [-0.2, 0) is 39.0 Å². The average molecular weight is 435 g/mol. The van der Waals surface area contributed by atoms with Crippen molar-refractivity contribution in [2.24, 2.45) is 0 Å². The normalized spacial score (nSPS) is 13.2. The number of hydrogen-bond donors (Lipinski definition) is 0. The molecule has 0 nitrogen and oxygen atoms in total. The van der Waals surface area contributed by atoms with Gasteiger partial charge in [-0.3, -0.25) is 0 Å². The number of hydrogen-bond acceptors (Lipinski definition) is 0. The fraction of sp³-hybridized carbons (Fsp3) is 0.238. The van der Waals surface area contributed by atoms with Crippen LogP contribution in [0, 0.1) is 13.8 Å². The van der Waals surface area contributed by atoms with E-state index in [0.29, 0.717) is 0 Å². The fourth-order valence-electron chi connectivity index (χ4n) is 3.82. The topological polar surface area (TPSA) is 0 Å². The average Bonchev–Trinajstić information content (AvgIpc) is 3.11. The SMILES string of the molecule is Cc1cc(CC2=CC=CC2)c(C)c2c1-c1ccccc1C2.[Cl-].[Cl-].[Zr+2]. The minimum atomic E-state index is 0. The van der Waals surface area contributed by atoms with E-state index in [0.717, 1.165) is 19.3 Å². The fourth-order valence-corrected chi connectivity index (χ4v) is 3.82. The summed E-state index contributed by atoms with van der Waals surface area (Å²) in [7, 11) is 0. The molecule has 0 N–H and O–H groups in total. The summed E-state index contributed by atoms with van der Waals surface area (Å²) in [5.41, 5.74) is 11.9. The Morgan fingerprint density at radius 3 is 2.50 bits per heavy atom. The monoisotopic (exact) mass is 432 g/mol. The molecule has 122 valence electrons. The minimum absolute atomic E-state index is 0. The van der Waals surface area contributed by atoms with Gasteiger partial charge in [0.05, 0.1) is 0 Å². The van der Waals surface area contributed by atoms with Gasteiger partial charge < -0.3 is 24.8 Å². The van der Waals surface area contributed by atoms with Gasteiger partial charge in [-0.25, -0.2) is 0 Å². The van der Waals surface area contributed by atoms with Crippen LogP contribution >= 0.6 is 0 Å². The first-order valence-electron chi connectivity index (χ1n) is 7.79. The second kappa shape index (κ2) is 8.66. The van der Waals surface area contributed by atoms with Crippen LogP contribution in [0.1, 0.15) is 34.2 Å². The van der Waals surface area contributed by atoms with Crippen LogP contribution in [0.3, 0.4) is 0 Å². The Kier molecular flexibility index (Phi) is 7.73. The van der Waals surface area contributed by atoms with Gasteiger partial charge in [-0.15, -0.1) is 0 Å². The van der Waals surface area contributed by atoms with E-state index in [1.54, 1.807) is 5.56 Å². The third-order valence-electron chi connectivity index (χ3n) is 4.94. The Morgan fingerprint density at radius 2 is 1.79 bits per heavy atom. The van der Waals surface area contributed by atoms with Gasteiger partial charge in [0, 0.05) is 0 Å². The molecular formula is C21H20Cl2Zr. The summed E-state index contributed by atoms with van der Waals surface area (Å²) >= 11 is 0. The van der Waals surface area contributed by atoms with Gasteiger partial charge in [-0.2, -0.15) is 0 Å². The van der Waals surface area contributed by atoms with Gasteiger partial charge in [-0.1, -0.05) is 54.1 Å². The first-order chi connectivity index (χ1) is 10.2. The second-order valence-electron chi connectivity index (χ2n) is 6.30. The predicted molar refractivity (Wildman–Crippen MR) is 89.7 cm³/mol. The maximum atomic E-state index is 2.41. The summed E-state index contributed by atoms with van der Waals surface area (Å²) < 4.78 is 0. The van der Waals surface area contributed by atoms with Crippen molar-refractivity contribution in [2.45, 2.75) is 33.1 Å². The van der Waals surface area contributed by atoms with Crippen molar-refractivity contribution in [1.29, 1.82) is 0 Å². The van der Waals surface area contributed by atoms with E-state index >= 15 is 0 Å². The standard InChI is InChI=1S/C21H20.2ClH.Zr/c1-14-11-18(12-16-7-3-4-8-16)15(2)20-13-17-9-5-6-10-19(17)21(14)20;;;/h3-7,9-11H,8,12-13H2,1-2H3;2*1H;/q;;;+2/p-2. The Morgan fingerprint density at radius 1 is 1.04 bits per heavy atom. The van der Waals surface area contributed by atoms with Crippen LogP contribution in [0.15, 0.2) is 54.1 Å². The second-order valence-corrected chi connectivity index (χ2v) is 6.30. The van der Waals surface area contributed by atoms with Crippen molar-refractivity contribution in [3.05, 3.63) is 82.0 Å². The number of halogens is 2. The molecule has 24 heavy (non-hydrogen) atoms. The zero-order valence-corrected chi connectivity index (χ0v) is 18.0. The van der Waals surface area contributed by atoms with Gasteiger partial charge in [0.1, 0.15) is 0 Å². The molecule has 0 bridgehead atoms. The molecule has 2 aromatic rings. The zero-order valence-electron chi connectivity index (χ0n) is 14.0. The molecule has 2 aromatic carbocycles. The number of rotatable bonds is 2. The van der Waals surface area contributed by atoms with Gasteiger partial charge in [0.15, 0.2) is 0 Å². The molecule has 4 rings (SSSR count). The Balaban J connectivity index is 0.000000960. The van der Waals surface area contributed by atoms with E-state index in [9.17, 15) is 0 Å². The van der Waals surface area contributed by atoms with E-state index in [-0.39, 0.29) is 51.0 Å². The molecule has 0 aliphatic heterocycles. The summed E-state index contributed by atoms with van der Waals surface area (Å²) in [6.07, 6.45) is 10.0. The molecule has 0 amide bonds. The van der Waals surface area contributed by atoms with Crippen molar-refractivity contribution >= 4 is 0 Å². The number of benzene rings is 2. The molecule has 0 saturated heterocycles. The largest absolute Gasteiger partial charge is 2.00 e. The van der Waals surface area contributed by atoms with Crippen LogP contribution in [0.2, 0.25) is 0 Å². The van der Waals surface area contributed by atoms with Crippen LogP contribution < -0.4 is 24.8 Å². The maximum Gasteiger partial charge on any atom is 2.00 e. The molecule has 2 aliphatic carbocycles. The predicted octanol–water partition coefficient (Wildman–Crippen LogP) is -0.691. The zero-order chi connectivity index (χ0) is 14.4. The summed E-state index contributed by atoms with van der Waals surface area (Å²) in [4.78, 5) is 0. The van der Waals surface area contributed by atoms with Crippen LogP contribution in [-0.4, -0.2) is 0 Å². The van der Waals surface area contributed by atoms with Crippen molar-refractivity contribution in [1.82, 2.24) is 0 Å². The van der Waals surface area contributed by atoms with Crippen molar-refractivity contribution in [3.8, 4) is 11.1 Å². The van der Waals surface area contributed by atoms with Crippen molar-refractivity contribution < 1.29 is 51.0 Å². The Hall–Kier alpha value is -0.617. The maximum absolute atomic E-state index is 2.41. The quantitative estimate of drug-likeness (QED) is 0.501. The Labute approximate surface area is 176 Å². The van der Waals surface area contributed by atoms with Crippen LogP contribution in [0.4, 0.5) is 0 Å². The summed E-state index contributed by atoms with van der Waals surface area (Å²) in [6.45, 7) is 4.58. The summed E-state index contributed by atoms with van der Waals surface area (Å²) in [5.74, 6) is 0. The summed E-state index contributed by atoms with van der Waals surface area (Å²) in [5, 5.41) is 0. The molecule has 0 aromatic heterocycles. The molecule has 0 heterocycles. The van der Waals surface area contributed by atoms with Gasteiger partial charge in [-0.05, 0) is 72.1 Å². The minimum Gasteiger partial charge on any atom is -1.00 e. The molecular weight excluding hydrogens is 414 g/mol. The van der Waals surface area contributed by atoms with E-state index in [2.05, 4.69) is 62.4 Å². The van der Waals surface area contributed by atoms with E-state index < -0.39 is 0 Å². The van der Waals surface area contributed by atoms with Gasteiger partial charge in [0.2, 0.25) is 0 Å². The smallest absolute Gasteiger partial charge is 1.00 e. The third kappa shape index (κ3) is 3.64. The molecule has 0 atom stereocenters. The Bertz CT molecular complexity index is 804. The number of aryl methyl sites for hydroxylation is 1. The molecule has 3 heteroatoms. The third-order valence-corrected chi connectivity index (χ3v) is 4.94. The van der Waals surface area contributed by atoms with Crippen molar-refractivity contribution in [3.63, 3.8) is 0 Å². The number of allylic oxidation sites excluding steroid dienone is 4. The molecule has 0 radical (unpaired) electrons. The molecule has 0 spiro atoms.